The Morgan fingerprint density at radius 3 is 3.06 bits per heavy atom. The first-order valence-electron chi connectivity index (χ1n) is 5.96. The summed E-state index contributed by atoms with van der Waals surface area (Å²) in [5.74, 6) is -0.118. The molecule has 0 aromatic carbocycles. The van der Waals surface area contributed by atoms with Crippen molar-refractivity contribution < 1.29 is 14.3 Å². The van der Waals surface area contributed by atoms with Crippen molar-refractivity contribution in [1.82, 2.24) is 15.5 Å². The second-order valence-corrected chi connectivity index (χ2v) is 4.02. The van der Waals surface area contributed by atoms with Gasteiger partial charge in [-0.2, -0.15) is 0 Å². The number of hydrogen-bond acceptors (Lipinski definition) is 4. The Labute approximate surface area is 102 Å². The van der Waals surface area contributed by atoms with Crippen molar-refractivity contribution in [2.24, 2.45) is 0 Å². The summed E-state index contributed by atoms with van der Waals surface area (Å²) in [7, 11) is 1.58. The number of hydrogen-bond donors (Lipinski definition) is 2. The Hall–Kier alpha value is -1.14. The van der Waals surface area contributed by atoms with E-state index in [1.54, 1.807) is 12.0 Å². The monoisotopic (exact) mass is 243 g/mol. The molecule has 6 heteroatoms. The zero-order valence-electron chi connectivity index (χ0n) is 10.5. The van der Waals surface area contributed by atoms with Gasteiger partial charge < -0.3 is 20.3 Å². The first-order valence-corrected chi connectivity index (χ1v) is 5.96. The van der Waals surface area contributed by atoms with Crippen LogP contribution in [0.3, 0.4) is 0 Å². The second kappa shape index (κ2) is 7.24. The molecule has 0 aromatic heterocycles. The van der Waals surface area contributed by atoms with Crippen LogP contribution in [0.25, 0.3) is 0 Å². The fourth-order valence-corrected chi connectivity index (χ4v) is 1.79. The highest BCUT2D eigenvalue weighted by molar-refractivity contribution is 5.88. The summed E-state index contributed by atoms with van der Waals surface area (Å²) < 4.78 is 4.83. The molecule has 6 nitrogen and oxygen atoms in total. The Bertz CT molecular complexity index is 271. The predicted octanol–water partition coefficient (Wildman–Crippen LogP) is -1.04. The molecule has 0 bridgehead atoms. The van der Waals surface area contributed by atoms with Gasteiger partial charge in [0, 0.05) is 26.7 Å². The van der Waals surface area contributed by atoms with E-state index in [1.807, 2.05) is 6.92 Å². The van der Waals surface area contributed by atoms with E-state index in [2.05, 4.69) is 10.6 Å². The molecule has 1 unspecified atom stereocenters. The quantitative estimate of drug-likeness (QED) is 0.585. The van der Waals surface area contributed by atoms with Crippen molar-refractivity contribution in [3.8, 4) is 0 Å². The van der Waals surface area contributed by atoms with Crippen LogP contribution in [0.4, 0.5) is 0 Å². The lowest BCUT2D eigenvalue weighted by molar-refractivity contribution is -0.139. The molecule has 1 atom stereocenters. The number of methoxy groups -OCH3 is 1. The van der Waals surface area contributed by atoms with Gasteiger partial charge in [0.05, 0.1) is 19.2 Å². The average Bonchev–Trinajstić information content (AvgIpc) is 2.32. The largest absolute Gasteiger partial charge is 0.383 e. The van der Waals surface area contributed by atoms with Crippen LogP contribution in [-0.2, 0) is 14.3 Å². The Kier molecular flexibility index (Phi) is 5.93. The molecule has 17 heavy (non-hydrogen) atoms. The van der Waals surface area contributed by atoms with Gasteiger partial charge in [-0.05, 0) is 6.42 Å². The van der Waals surface area contributed by atoms with Crippen LogP contribution < -0.4 is 10.6 Å². The third kappa shape index (κ3) is 4.32. The number of amides is 2. The summed E-state index contributed by atoms with van der Waals surface area (Å²) in [4.78, 5) is 25.0. The first-order chi connectivity index (χ1) is 8.19. The lowest BCUT2D eigenvalue weighted by atomic mass is 10.1. The minimum absolute atomic E-state index is 0.0145. The highest BCUT2D eigenvalue weighted by Crippen LogP contribution is 2.03. The molecule has 2 amide bonds. The zero-order valence-corrected chi connectivity index (χ0v) is 10.5. The van der Waals surface area contributed by atoms with Crippen LogP contribution in [-0.4, -0.2) is 62.7 Å². The molecule has 0 radical (unpaired) electrons. The number of piperazine rings is 1. The third-order valence-electron chi connectivity index (χ3n) is 2.75. The average molecular weight is 243 g/mol. The maximum atomic E-state index is 11.9. The number of carbonyl (C=O) groups is 2. The van der Waals surface area contributed by atoms with Crippen LogP contribution in [0.1, 0.15) is 13.3 Å². The fourth-order valence-electron chi connectivity index (χ4n) is 1.79. The number of ether oxygens (including phenoxy) is 1. The van der Waals surface area contributed by atoms with Gasteiger partial charge in [-0.15, -0.1) is 0 Å². The summed E-state index contributed by atoms with van der Waals surface area (Å²) >= 11 is 0. The summed E-state index contributed by atoms with van der Waals surface area (Å²) in [6, 6.07) is -0.143. The van der Waals surface area contributed by atoms with E-state index in [9.17, 15) is 9.59 Å². The zero-order chi connectivity index (χ0) is 12.7. The molecule has 1 aliphatic rings. The first kappa shape index (κ1) is 13.9. The smallest absolute Gasteiger partial charge is 0.240 e. The second-order valence-electron chi connectivity index (χ2n) is 4.02. The predicted molar refractivity (Wildman–Crippen MR) is 63.5 cm³/mol. The Morgan fingerprint density at radius 2 is 2.41 bits per heavy atom. The molecule has 0 aliphatic carbocycles. The molecule has 0 saturated carbocycles. The maximum absolute atomic E-state index is 11.9. The van der Waals surface area contributed by atoms with Crippen molar-refractivity contribution in [3.63, 3.8) is 0 Å². The SMILES string of the molecule is CCC1NCCN(CC(=O)NCCOC)C1=O. The molecule has 1 heterocycles. The summed E-state index contributed by atoms with van der Waals surface area (Å²) in [5, 5.41) is 5.84. The van der Waals surface area contributed by atoms with E-state index >= 15 is 0 Å². The van der Waals surface area contributed by atoms with E-state index in [0.717, 1.165) is 13.0 Å². The van der Waals surface area contributed by atoms with Crippen molar-refractivity contribution >= 4 is 11.8 Å². The lowest BCUT2D eigenvalue weighted by Gasteiger charge is -2.32. The van der Waals surface area contributed by atoms with E-state index in [0.29, 0.717) is 19.7 Å². The highest BCUT2D eigenvalue weighted by Gasteiger charge is 2.27. The van der Waals surface area contributed by atoms with Gasteiger partial charge in [-0.25, -0.2) is 0 Å². The molecular formula is C11H21N3O3. The fraction of sp³-hybridized carbons (Fsp3) is 0.818. The summed E-state index contributed by atoms with van der Waals surface area (Å²) in [6.45, 7) is 4.40. The molecule has 1 fully saturated rings. The molecule has 1 aliphatic heterocycles. The van der Waals surface area contributed by atoms with Gasteiger partial charge >= 0.3 is 0 Å². The number of nitrogens with one attached hydrogen (secondary N) is 2. The van der Waals surface area contributed by atoms with Crippen molar-refractivity contribution in [1.29, 1.82) is 0 Å². The van der Waals surface area contributed by atoms with Crippen LogP contribution in [0.15, 0.2) is 0 Å². The molecule has 1 saturated heterocycles. The van der Waals surface area contributed by atoms with Crippen LogP contribution in [0, 0.1) is 0 Å². The molecule has 0 spiro atoms. The lowest BCUT2D eigenvalue weighted by Crippen LogP contribution is -2.56. The van der Waals surface area contributed by atoms with E-state index < -0.39 is 0 Å². The van der Waals surface area contributed by atoms with Crippen LogP contribution in [0.5, 0.6) is 0 Å². The standard InChI is InChI=1S/C11H21N3O3/c1-3-9-11(16)14(6-4-12-9)8-10(15)13-5-7-17-2/h9,12H,3-8H2,1-2H3,(H,13,15). The maximum Gasteiger partial charge on any atom is 0.240 e. The van der Waals surface area contributed by atoms with E-state index in [-0.39, 0.29) is 24.4 Å². The molecule has 0 aromatic rings. The van der Waals surface area contributed by atoms with Gasteiger partial charge in [0.15, 0.2) is 0 Å². The number of nitrogens with zero attached hydrogens (tertiary/aromatic N) is 1. The summed E-state index contributed by atoms with van der Waals surface area (Å²) in [6.07, 6.45) is 0.751. The normalized spacial score (nSPS) is 20.5. The summed E-state index contributed by atoms with van der Waals surface area (Å²) in [5.41, 5.74) is 0. The Morgan fingerprint density at radius 1 is 1.65 bits per heavy atom. The molecular weight excluding hydrogens is 222 g/mol. The topological polar surface area (TPSA) is 70.7 Å². The van der Waals surface area contributed by atoms with Gasteiger partial charge in [0.1, 0.15) is 0 Å². The Balaban J connectivity index is 2.34. The number of rotatable bonds is 6. The minimum Gasteiger partial charge on any atom is -0.383 e. The minimum atomic E-state index is -0.143. The van der Waals surface area contributed by atoms with Gasteiger partial charge in [0.2, 0.25) is 11.8 Å². The van der Waals surface area contributed by atoms with Gasteiger partial charge in [-0.3, -0.25) is 9.59 Å². The van der Waals surface area contributed by atoms with Crippen LogP contribution >= 0.6 is 0 Å². The van der Waals surface area contributed by atoms with E-state index in [1.165, 1.54) is 0 Å². The third-order valence-corrected chi connectivity index (χ3v) is 2.75. The highest BCUT2D eigenvalue weighted by atomic mass is 16.5. The molecule has 1 rings (SSSR count). The van der Waals surface area contributed by atoms with Gasteiger partial charge in [0.25, 0.3) is 0 Å². The molecule has 2 N–H and O–H groups in total. The van der Waals surface area contributed by atoms with Crippen LogP contribution in [0.2, 0.25) is 0 Å². The van der Waals surface area contributed by atoms with Crippen molar-refractivity contribution in [2.45, 2.75) is 19.4 Å². The van der Waals surface area contributed by atoms with Crippen molar-refractivity contribution in [3.05, 3.63) is 0 Å². The van der Waals surface area contributed by atoms with Crippen molar-refractivity contribution in [2.75, 3.05) is 39.9 Å². The number of carbonyl (C=O) groups excluding carboxylic acids is 2. The molecule has 98 valence electrons. The van der Waals surface area contributed by atoms with E-state index in [4.69, 9.17) is 4.74 Å². The van der Waals surface area contributed by atoms with Gasteiger partial charge in [-0.1, -0.05) is 6.92 Å².